The predicted molar refractivity (Wildman–Crippen MR) is 139 cm³/mol. The van der Waals surface area contributed by atoms with E-state index in [4.69, 9.17) is 0 Å². The number of Topliss-reactive ketones (excluding diaryl/α,β-unsaturated/α-hetero) is 3. The Hall–Kier alpha value is -1.90. The maximum absolute atomic E-state index is 14.1. The summed E-state index contributed by atoms with van der Waals surface area (Å²) in [5, 5.41) is 43.1. The summed E-state index contributed by atoms with van der Waals surface area (Å²) in [5.41, 5.74) is -4.13. The smallest absolute Gasteiger partial charge is 0.306 e. The van der Waals surface area contributed by atoms with E-state index in [0.29, 0.717) is 24.0 Å². The summed E-state index contributed by atoms with van der Waals surface area (Å²) in [4.78, 5) is 52.1. The Bertz CT molecular complexity index is 1120. The highest BCUT2D eigenvalue weighted by atomic mass is 16.4. The second-order valence-corrected chi connectivity index (χ2v) is 14.2. The van der Waals surface area contributed by atoms with Gasteiger partial charge >= 0.3 is 5.97 Å². The Balaban J connectivity index is 1.78. The molecule has 0 amide bonds. The van der Waals surface area contributed by atoms with Crippen LogP contribution in [0.3, 0.4) is 0 Å². The maximum Gasteiger partial charge on any atom is 0.306 e. The van der Waals surface area contributed by atoms with Gasteiger partial charge in [-0.1, -0.05) is 34.6 Å². The lowest BCUT2D eigenvalue weighted by Gasteiger charge is -2.60. The second-order valence-electron chi connectivity index (χ2n) is 14.2. The van der Waals surface area contributed by atoms with Crippen molar-refractivity contribution in [2.45, 2.75) is 111 Å². The second kappa shape index (κ2) is 8.80. The first-order chi connectivity index (χ1) is 17.2. The number of aliphatic carboxylic acids is 1. The van der Waals surface area contributed by atoms with Crippen molar-refractivity contribution < 1.29 is 39.6 Å². The molecule has 2 saturated carbocycles. The van der Waals surface area contributed by atoms with Gasteiger partial charge in [0, 0.05) is 48.0 Å². The molecule has 4 aliphatic rings. The van der Waals surface area contributed by atoms with E-state index in [-0.39, 0.29) is 55.4 Å². The quantitative estimate of drug-likeness (QED) is 0.407. The first kappa shape index (κ1) is 29.1. The third-order valence-electron chi connectivity index (χ3n) is 11.5. The van der Waals surface area contributed by atoms with Crippen LogP contribution in [0.2, 0.25) is 0 Å². The number of allylic oxidation sites excluding steroid dienone is 1. The Morgan fingerprint density at radius 2 is 1.71 bits per heavy atom. The van der Waals surface area contributed by atoms with Crippen molar-refractivity contribution in [2.24, 2.45) is 39.4 Å². The van der Waals surface area contributed by atoms with Gasteiger partial charge in [-0.05, 0) is 50.0 Å². The largest absolute Gasteiger partial charge is 0.481 e. The van der Waals surface area contributed by atoms with Crippen molar-refractivity contribution in [3.8, 4) is 0 Å². The topological polar surface area (TPSA) is 149 Å². The fourth-order valence-corrected chi connectivity index (χ4v) is 9.16. The standard InChI is InChI=1S/C30H44O8/c1-15(25(36)37)10-16(31)13-29(6,38)20-12-22(35)30(7)24-17(32)11-19-26(2,3)21(34)8-9-27(19,4)23(24)18(33)14-28(20,30)5/h15-17,19-20,31-32,38H,8-14H2,1-7H3,(H,36,37)/t15-,16-,17+,19+,20+,27+,28-,29+,30+/m1/s1. The molecule has 0 bridgehead atoms. The van der Waals surface area contributed by atoms with Crippen LogP contribution in [0.4, 0.5) is 0 Å². The molecule has 38 heavy (non-hydrogen) atoms. The van der Waals surface area contributed by atoms with Crippen LogP contribution >= 0.6 is 0 Å². The van der Waals surface area contributed by atoms with Crippen molar-refractivity contribution in [1.29, 1.82) is 0 Å². The summed E-state index contributed by atoms with van der Waals surface area (Å²) in [6, 6.07) is 0. The average Bonchev–Trinajstić information content (AvgIpc) is 2.99. The van der Waals surface area contributed by atoms with Gasteiger partial charge in [0.15, 0.2) is 5.78 Å². The molecule has 8 heteroatoms. The Kier molecular flexibility index (Phi) is 6.74. The summed E-state index contributed by atoms with van der Waals surface area (Å²) in [5.74, 6) is -2.92. The number of aliphatic hydroxyl groups is 3. The summed E-state index contributed by atoms with van der Waals surface area (Å²) in [6.45, 7) is 12.4. The summed E-state index contributed by atoms with van der Waals surface area (Å²) in [7, 11) is 0. The van der Waals surface area contributed by atoms with E-state index < -0.39 is 57.3 Å². The molecule has 4 aliphatic carbocycles. The fraction of sp³-hybridized carbons (Fsp3) is 0.800. The molecule has 0 aromatic carbocycles. The molecule has 212 valence electrons. The van der Waals surface area contributed by atoms with E-state index in [0.717, 1.165) is 0 Å². The van der Waals surface area contributed by atoms with Gasteiger partial charge in [-0.15, -0.1) is 0 Å². The van der Waals surface area contributed by atoms with E-state index in [2.05, 4.69) is 0 Å². The third-order valence-corrected chi connectivity index (χ3v) is 11.5. The van der Waals surface area contributed by atoms with Crippen molar-refractivity contribution >= 4 is 23.3 Å². The van der Waals surface area contributed by atoms with Gasteiger partial charge < -0.3 is 20.4 Å². The lowest BCUT2D eigenvalue weighted by Crippen LogP contribution is -2.60. The molecule has 8 nitrogen and oxygen atoms in total. The first-order valence-electron chi connectivity index (χ1n) is 13.9. The number of carboxylic acids is 1. The molecule has 0 heterocycles. The molecule has 0 aromatic rings. The van der Waals surface area contributed by atoms with Crippen molar-refractivity contribution in [1.82, 2.24) is 0 Å². The van der Waals surface area contributed by atoms with E-state index in [1.807, 2.05) is 27.7 Å². The Labute approximate surface area is 224 Å². The van der Waals surface area contributed by atoms with Crippen LogP contribution in [-0.2, 0) is 19.2 Å². The molecular formula is C30H44O8. The molecule has 4 N–H and O–H groups in total. The van der Waals surface area contributed by atoms with Crippen LogP contribution in [0.25, 0.3) is 0 Å². The molecule has 0 aliphatic heterocycles. The number of hydrogen-bond donors (Lipinski definition) is 4. The highest BCUT2D eigenvalue weighted by Gasteiger charge is 2.71. The molecule has 0 saturated heterocycles. The zero-order valence-corrected chi connectivity index (χ0v) is 23.8. The number of ketones is 3. The van der Waals surface area contributed by atoms with Gasteiger partial charge in [-0.2, -0.15) is 0 Å². The number of carbonyl (C=O) groups is 4. The lowest BCUT2D eigenvalue weighted by molar-refractivity contribution is -0.149. The predicted octanol–water partition coefficient (Wildman–Crippen LogP) is 3.25. The molecule has 2 fully saturated rings. The normalized spacial score (nSPS) is 41.6. The third kappa shape index (κ3) is 3.80. The van der Waals surface area contributed by atoms with Gasteiger partial charge in [0.25, 0.3) is 0 Å². The van der Waals surface area contributed by atoms with Crippen LogP contribution in [0, 0.1) is 39.4 Å². The SMILES string of the molecule is C[C@H](C[C@@H](O)C[C@](C)(O)[C@H]1CC(=O)[C@@]2(C)C3=C(C(=O)C[C@]12C)[C@@]1(C)CCC(=O)C(C)(C)[C@@H]1C[C@@H]3O)C(=O)O. The van der Waals surface area contributed by atoms with Gasteiger partial charge in [0.05, 0.1) is 29.1 Å². The van der Waals surface area contributed by atoms with Crippen molar-refractivity contribution in [2.75, 3.05) is 0 Å². The molecule has 9 atom stereocenters. The van der Waals surface area contributed by atoms with E-state index in [9.17, 15) is 39.6 Å². The zero-order chi connectivity index (χ0) is 28.8. The lowest BCUT2D eigenvalue weighted by atomic mass is 9.42. The zero-order valence-electron chi connectivity index (χ0n) is 23.8. The number of hydrogen-bond acceptors (Lipinski definition) is 7. The number of aliphatic hydroxyl groups excluding tert-OH is 2. The number of carboxylic acid groups (broad SMARTS) is 1. The number of fused-ring (bicyclic) bond motifs is 4. The molecule has 0 spiro atoms. The molecular weight excluding hydrogens is 488 g/mol. The highest BCUT2D eigenvalue weighted by Crippen LogP contribution is 2.70. The minimum Gasteiger partial charge on any atom is -0.481 e. The maximum atomic E-state index is 14.1. The average molecular weight is 533 g/mol. The minimum atomic E-state index is -1.55. The van der Waals surface area contributed by atoms with Crippen molar-refractivity contribution in [3.05, 3.63) is 11.1 Å². The summed E-state index contributed by atoms with van der Waals surface area (Å²) >= 11 is 0. The van der Waals surface area contributed by atoms with Gasteiger partial charge in [-0.25, -0.2) is 0 Å². The molecule has 4 rings (SSSR count). The van der Waals surface area contributed by atoms with Crippen LogP contribution in [0.1, 0.15) is 93.4 Å². The summed E-state index contributed by atoms with van der Waals surface area (Å²) < 4.78 is 0. The summed E-state index contributed by atoms with van der Waals surface area (Å²) in [6.07, 6.45) is -1.21. The highest BCUT2D eigenvalue weighted by molar-refractivity contribution is 6.05. The van der Waals surface area contributed by atoms with Crippen LogP contribution in [0.5, 0.6) is 0 Å². The first-order valence-corrected chi connectivity index (χ1v) is 13.9. The monoisotopic (exact) mass is 532 g/mol. The fourth-order valence-electron chi connectivity index (χ4n) is 9.16. The van der Waals surface area contributed by atoms with Crippen LogP contribution in [-0.4, -0.2) is 61.6 Å². The van der Waals surface area contributed by atoms with Crippen LogP contribution < -0.4 is 0 Å². The molecule has 0 aromatic heterocycles. The van der Waals surface area contributed by atoms with E-state index in [1.165, 1.54) is 6.92 Å². The Morgan fingerprint density at radius 1 is 1.11 bits per heavy atom. The van der Waals surface area contributed by atoms with Gasteiger partial charge in [-0.3, -0.25) is 19.2 Å². The number of carbonyl (C=O) groups excluding carboxylic acids is 3. The number of rotatable bonds is 6. The Morgan fingerprint density at radius 3 is 2.29 bits per heavy atom. The van der Waals surface area contributed by atoms with Crippen LogP contribution in [0.15, 0.2) is 11.1 Å². The van der Waals surface area contributed by atoms with Gasteiger partial charge in [0.1, 0.15) is 11.6 Å². The van der Waals surface area contributed by atoms with Gasteiger partial charge in [0.2, 0.25) is 0 Å². The molecule has 0 radical (unpaired) electrons. The minimum absolute atomic E-state index is 0.0118. The van der Waals surface area contributed by atoms with E-state index in [1.54, 1.807) is 13.8 Å². The molecule has 0 unspecified atom stereocenters. The van der Waals surface area contributed by atoms with E-state index >= 15 is 0 Å². The van der Waals surface area contributed by atoms with Crippen molar-refractivity contribution in [3.63, 3.8) is 0 Å².